The maximum absolute atomic E-state index is 10.5. The summed E-state index contributed by atoms with van der Waals surface area (Å²) in [6.07, 6.45) is 42.1. The van der Waals surface area contributed by atoms with Crippen LogP contribution in [-0.2, 0) is 4.79 Å². The first-order chi connectivity index (χ1) is 18.6. The fourth-order valence-electron chi connectivity index (χ4n) is 4.00. The van der Waals surface area contributed by atoms with Gasteiger partial charge in [-0.15, -0.1) is 0 Å². The minimum Gasteiger partial charge on any atom is -0.481 e. The van der Waals surface area contributed by atoms with Gasteiger partial charge in [-0.25, -0.2) is 0 Å². The zero-order chi connectivity index (χ0) is 27.9. The smallest absolute Gasteiger partial charge is 0.303 e. The summed E-state index contributed by atoms with van der Waals surface area (Å²) in [5, 5.41) is 28.4. The van der Waals surface area contributed by atoms with E-state index in [1.54, 1.807) is 12.2 Å². The van der Waals surface area contributed by atoms with Crippen LogP contribution in [0.5, 0.6) is 0 Å². The highest BCUT2D eigenvalue weighted by molar-refractivity contribution is 5.66. The Kier molecular flexibility index (Phi) is 27.7. The number of carbonyl (C=O) groups is 1. The Bertz CT molecular complexity index is 699. The van der Waals surface area contributed by atoms with Gasteiger partial charge in [0.05, 0.1) is 12.2 Å². The average Bonchev–Trinajstić information content (AvgIpc) is 2.89. The third-order valence-corrected chi connectivity index (χ3v) is 6.27. The van der Waals surface area contributed by atoms with E-state index in [1.165, 1.54) is 64.2 Å². The first kappa shape index (κ1) is 35.8. The molecule has 0 fully saturated rings. The highest BCUT2D eigenvalue weighted by Gasteiger charge is 1.97. The molecule has 0 amide bonds. The number of unbranched alkanes of at least 4 members (excludes halogenated alkanes) is 12. The van der Waals surface area contributed by atoms with E-state index in [0.717, 1.165) is 32.1 Å². The number of hydrogen-bond acceptors (Lipinski definition) is 3. The third-order valence-electron chi connectivity index (χ3n) is 6.27. The van der Waals surface area contributed by atoms with Gasteiger partial charge in [0.15, 0.2) is 0 Å². The predicted molar refractivity (Wildman–Crippen MR) is 163 cm³/mol. The molecule has 0 radical (unpaired) electrons. The molecule has 0 rings (SSSR count). The normalized spacial score (nSPS) is 14.4. The molecule has 216 valence electrons. The highest BCUT2D eigenvalue weighted by Crippen LogP contribution is 2.13. The summed E-state index contributed by atoms with van der Waals surface area (Å²) in [7, 11) is 0. The molecule has 2 unspecified atom stereocenters. The molecule has 0 aliphatic heterocycles. The van der Waals surface area contributed by atoms with Gasteiger partial charge in [-0.05, 0) is 44.9 Å². The van der Waals surface area contributed by atoms with Crippen LogP contribution in [0.15, 0.2) is 72.9 Å². The Morgan fingerprint density at radius 2 is 1.03 bits per heavy atom. The van der Waals surface area contributed by atoms with Gasteiger partial charge < -0.3 is 15.3 Å². The van der Waals surface area contributed by atoms with Crippen LogP contribution in [0.25, 0.3) is 0 Å². The first-order valence-electron chi connectivity index (χ1n) is 15.1. The van der Waals surface area contributed by atoms with Crippen LogP contribution in [0.4, 0.5) is 0 Å². The lowest BCUT2D eigenvalue weighted by Gasteiger charge is -2.02. The lowest BCUT2D eigenvalue weighted by atomic mass is 10.0. The molecule has 4 nitrogen and oxygen atoms in total. The molecule has 0 saturated heterocycles. The van der Waals surface area contributed by atoms with Crippen LogP contribution in [0, 0.1) is 0 Å². The van der Waals surface area contributed by atoms with Crippen molar-refractivity contribution in [1.29, 1.82) is 0 Å². The van der Waals surface area contributed by atoms with Gasteiger partial charge in [-0.3, -0.25) is 4.79 Å². The summed E-state index contributed by atoms with van der Waals surface area (Å²) in [6.45, 7) is 2.07. The number of rotatable bonds is 26. The minimum absolute atomic E-state index is 0.319. The molecule has 0 heterocycles. The monoisotopic (exact) mass is 528 g/mol. The fraction of sp³-hybridized carbons (Fsp3) is 0.618. The van der Waals surface area contributed by atoms with E-state index in [-0.39, 0.29) is 0 Å². The quantitative estimate of drug-likeness (QED) is 0.0594. The number of carboxylic acids is 1. The van der Waals surface area contributed by atoms with Crippen molar-refractivity contribution in [3.63, 3.8) is 0 Å². The van der Waals surface area contributed by atoms with Crippen molar-refractivity contribution in [3.05, 3.63) is 72.9 Å². The Labute approximate surface area is 233 Å². The Morgan fingerprint density at radius 1 is 0.579 bits per heavy atom. The van der Waals surface area contributed by atoms with Crippen molar-refractivity contribution in [1.82, 2.24) is 0 Å². The van der Waals surface area contributed by atoms with Crippen LogP contribution in [0.1, 0.15) is 122 Å². The summed E-state index contributed by atoms with van der Waals surface area (Å²) in [4.78, 5) is 10.5. The molecule has 0 bridgehead atoms. The summed E-state index contributed by atoms with van der Waals surface area (Å²) in [5.41, 5.74) is 0. The molecule has 2 atom stereocenters. The second-order valence-corrected chi connectivity index (χ2v) is 9.99. The number of aliphatic hydroxyl groups is 2. The average molecular weight is 529 g/mol. The topological polar surface area (TPSA) is 77.8 Å². The van der Waals surface area contributed by atoms with Crippen molar-refractivity contribution in [2.24, 2.45) is 0 Å². The van der Waals surface area contributed by atoms with Crippen LogP contribution in [0.3, 0.4) is 0 Å². The molecule has 0 aliphatic carbocycles. The zero-order valence-corrected chi connectivity index (χ0v) is 24.1. The van der Waals surface area contributed by atoms with E-state index in [4.69, 9.17) is 5.11 Å². The second-order valence-electron chi connectivity index (χ2n) is 9.99. The largest absolute Gasteiger partial charge is 0.481 e. The maximum atomic E-state index is 10.5. The van der Waals surface area contributed by atoms with Crippen molar-refractivity contribution < 1.29 is 20.1 Å². The van der Waals surface area contributed by atoms with Gasteiger partial charge in [-0.2, -0.15) is 0 Å². The summed E-state index contributed by atoms with van der Waals surface area (Å²) < 4.78 is 0. The summed E-state index contributed by atoms with van der Waals surface area (Å²) >= 11 is 0. The van der Waals surface area contributed by atoms with Gasteiger partial charge in [0.2, 0.25) is 0 Å². The molecular weight excluding hydrogens is 472 g/mol. The zero-order valence-electron chi connectivity index (χ0n) is 24.1. The van der Waals surface area contributed by atoms with Crippen LogP contribution in [-0.4, -0.2) is 33.5 Å². The van der Waals surface area contributed by atoms with E-state index in [1.807, 2.05) is 36.5 Å². The summed E-state index contributed by atoms with van der Waals surface area (Å²) in [6, 6.07) is 0. The molecule has 0 aromatic carbocycles. The molecule has 0 saturated carbocycles. The lowest BCUT2D eigenvalue weighted by molar-refractivity contribution is -0.137. The maximum Gasteiger partial charge on any atom is 0.303 e. The SMILES string of the molecule is CCC=CCC(O)C=CC=CC=CC(O)CC=CCC=CCCCCCCCCCCCCCCC(=O)O. The molecule has 4 heteroatoms. The van der Waals surface area contributed by atoms with Gasteiger partial charge in [-0.1, -0.05) is 144 Å². The number of aliphatic carboxylic acids is 1. The van der Waals surface area contributed by atoms with Crippen molar-refractivity contribution in [2.75, 3.05) is 0 Å². The number of carboxylic acid groups (broad SMARTS) is 1. The van der Waals surface area contributed by atoms with E-state index < -0.39 is 18.2 Å². The number of allylic oxidation sites excluding steroid dienone is 8. The van der Waals surface area contributed by atoms with E-state index >= 15 is 0 Å². The van der Waals surface area contributed by atoms with Crippen LogP contribution < -0.4 is 0 Å². The van der Waals surface area contributed by atoms with E-state index in [9.17, 15) is 15.0 Å². The molecule has 0 aromatic heterocycles. The molecular formula is C34H56O4. The number of aliphatic hydroxyl groups excluding tert-OH is 2. The first-order valence-corrected chi connectivity index (χ1v) is 15.1. The lowest BCUT2D eigenvalue weighted by Crippen LogP contribution is -1.98. The van der Waals surface area contributed by atoms with Crippen LogP contribution in [0.2, 0.25) is 0 Å². The molecule has 0 aliphatic rings. The Balaban J connectivity index is 3.53. The number of hydrogen-bond donors (Lipinski definition) is 3. The van der Waals surface area contributed by atoms with Gasteiger partial charge in [0, 0.05) is 6.42 Å². The highest BCUT2D eigenvalue weighted by atomic mass is 16.4. The molecule has 0 spiro atoms. The standard InChI is InChI=1S/C34H56O4/c1-2-3-22-27-32(35)29-24-20-21-25-30-33(36)28-23-18-16-14-12-10-8-6-4-5-7-9-11-13-15-17-19-26-31-34(37)38/h3,12,14,18,20-25,29-30,32-33,35-36H,2,4-11,13,15-17,19,26-28,31H2,1H3,(H,37,38). The van der Waals surface area contributed by atoms with Crippen molar-refractivity contribution >= 4 is 5.97 Å². The Morgan fingerprint density at radius 3 is 1.53 bits per heavy atom. The minimum atomic E-state index is -0.672. The van der Waals surface area contributed by atoms with Crippen molar-refractivity contribution in [3.8, 4) is 0 Å². The van der Waals surface area contributed by atoms with Gasteiger partial charge in [0.25, 0.3) is 0 Å². The van der Waals surface area contributed by atoms with Gasteiger partial charge >= 0.3 is 5.97 Å². The Hall–Kier alpha value is -2.17. The summed E-state index contributed by atoms with van der Waals surface area (Å²) in [5.74, 6) is -0.672. The van der Waals surface area contributed by atoms with E-state index in [2.05, 4.69) is 31.2 Å². The molecule has 38 heavy (non-hydrogen) atoms. The van der Waals surface area contributed by atoms with Gasteiger partial charge in [0.1, 0.15) is 0 Å². The van der Waals surface area contributed by atoms with E-state index in [0.29, 0.717) is 19.3 Å². The molecule has 0 aromatic rings. The van der Waals surface area contributed by atoms with Crippen molar-refractivity contribution in [2.45, 2.75) is 135 Å². The predicted octanol–water partition coefficient (Wildman–Crippen LogP) is 9.17. The van der Waals surface area contributed by atoms with Crippen LogP contribution >= 0.6 is 0 Å². The fourth-order valence-corrected chi connectivity index (χ4v) is 4.00. The molecule has 3 N–H and O–H groups in total. The third kappa shape index (κ3) is 30.1. The second kappa shape index (κ2) is 29.4.